The van der Waals surface area contributed by atoms with E-state index in [1.807, 2.05) is 0 Å². The topological polar surface area (TPSA) is 20.3 Å². The van der Waals surface area contributed by atoms with Crippen molar-refractivity contribution in [3.05, 3.63) is 6.42 Å². The molecule has 1 unspecified atom stereocenters. The van der Waals surface area contributed by atoms with Crippen molar-refractivity contribution in [3.63, 3.8) is 0 Å². The van der Waals surface area contributed by atoms with Gasteiger partial charge in [0.1, 0.15) is 6.29 Å². The van der Waals surface area contributed by atoms with Gasteiger partial charge in [-0.1, -0.05) is 12.3 Å². The highest BCUT2D eigenvalue weighted by Gasteiger charge is 2.17. The van der Waals surface area contributed by atoms with Crippen molar-refractivity contribution in [2.45, 2.75) is 38.1 Å². The van der Waals surface area contributed by atoms with Crippen molar-refractivity contribution in [3.8, 4) is 5.92 Å². The van der Waals surface area contributed by atoms with E-state index in [1.165, 1.54) is 19.3 Å². The van der Waals surface area contributed by atoms with Gasteiger partial charge in [0.2, 0.25) is 0 Å². The van der Waals surface area contributed by atoms with E-state index in [1.54, 1.807) is 0 Å². The molecule has 0 amide bonds. The number of carbonyl (C=O) groups excluding carboxylic acids is 1. The molecule has 71 valence electrons. The van der Waals surface area contributed by atoms with Crippen LogP contribution in [0, 0.1) is 12.3 Å². The molecule has 1 aliphatic rings. The second-order valence-corrected chi connectivity index (χ2v) is 3.50. The van der Waals surface area contributed by atoms with Gasteiger partial charge in [-0.15, -0.1) is 0 Å². The minimum absolute atomic E-state index is 0.0745. The van der Waals surface area contributed by atoms with Crippen LogP contribution in [-0.4, -0.2) is 30.3 Å². The highest BCUT2D eigenvalue weighted by atomic mass is 16.1. The number of rotatable bonds is 4. The molecule has 0 saturated carbocycles. The Morgan fingerprint density at radius 1 is 1.38 bits per heavy atom. The first-order valence-electron chi connectivity index (χ1n) is 4.98. The maximum atomic E-state index is 10.2. The summed E-state index contributed by atoms with van der Waals surface area (Å²) < 4.78 is 0. The van der Waals surface area contributed by atoms with Crippen LogP contribution in [0.1, 0.15) is 32.1 Å². The van der Waals surface area contributed by atoms with Gasteiger partial charge in [-0.05, 0) is 38.8 Å². The van der Waals surface area contributed by atoms with Gasteiger partial charge < -0.3 is 4.79 Å². The standard InChI is InChI=1S/C11H16NO/c1-2-11(7-6-10-13)12-8-4-3-5-9-12/h10-11H,3-9H2. The SMILES string of the molecule is [C]#CC(CCC=O)N1CCCCC1. The lowest BCUT2D eigenvalue weighted by molar-refractivity contribution is -0.108. The molecule has 0 aromatic carbocycles. The highest BCUT2D eigenvalue weighted by molar-refractivity contribution is 5.49. The lowest BCUT2D eigenvalue weighted by atomic mass is 10.1. The van der Waals surface area contributed by atoms with Crippen molar-refractivity contribution < 1.29 is 4.79 Å². The number of likely N-dealkylation sites (tertiary alicyclic amines) is 1. The number of carbonyl (C=O) groups is 1. The quantitative estimate of drug-likeness (QED) is 0.479. The van der Waals surface area contributed by atoms with Gasteiger partial charge in [0, 0.05) is 6.42 Å². The molecule has 0 aromatic rings. The zero-order valence-corrected chi connectivity index (χ0v) is 7.96. The van der Waals surface area contributed by atoms with E-state index in [9.17, 15) is 4.79 Å². The highest BCUT2D eigenvalue weighted by Crippen LogP contribution is 2.14. The van der Waals surface area contributed by atoms with E-state index in [-0.39, 0.29) is 6.04 Å². The average Bonchev–Trinajstić information content (AvgIpc) is 2.21. The third-order valence-corrected chi connectivity index (χ3v) is 2.56. The second kappa shape index (κ2) is 5.77. The summed E-state index contributed by atoms with van der Waals surface area (Å²) in [4.78, 5) is 12.5. The molecule has 1 saturated heterocycles. The maximum absolute atomic E-state index is 10.2. The number of hydrogen-bond donors (Lipinski definition) is 0. The zero-order chi connectivity index (χ0) is 9.52. The van der Waals surface area contributed by atoms with E-state index in [4.69, 9.17) is 6.42 Å². The van der Waals surface area contributed by atoms with E-state index in [2.05, 4.69) is 10.8 Å². The fraction of sp³-hybridized carbons (Fsp3) is 0.727. The lowest BCUT2D eigenvalue weighted by Crippen LogP contribution is -2.38. The van der Waals surface area contributed by atoms with Crippen LogP contribution in [0.5, 0.6) is 0 Å². The van der Waals surface area contributed by atoms with Crippen LogP contribution >= 0.6 is 0 Å². The fourth-order valence-electron chi connectivity index (χ4n) is 1.80. The van der Waals surface area contributed by atoms with Gasteiger partial charge in [-0.2, -0.15) is 0 Å². The van der Waals surface area contributed by atoms with Gasteiger partial charge in [-0.25, -0.2) is 0 Å². The summed E-state index contributed by atoms with van der Waals surface area (Å²) in [5.74, 6) is 2.52. The molecule has 13 heavy (non-hydrogen) atoms. The van der Waals surface area contributed by atoms with Gasteiger partial charge in [0.05, 0.1) is 6.04 Å². The Bertz CT molecular complexity index is 189. The molecule has 2 heteroatoms. The number of nitrogens with zero attached hydrogens (tertiary/aromatic N) is 1. The van der Waals surface area contributed by atoms with Gasteiger partial charge >= 0.3 is 0 Å². The first kappa shape index (κ1) is 10.3. The summed E-state index contributed by atoms with van der Waals surface area (Å²) in [6.07, 6.45) is 13.1. The normalized spacial score (nSPS) is 20.5. The van der Waals surface area contributed by atoms with E-state index in [0.29, 0.717) is 6.42 Å². The first-order chi connectivity index (χ1) is 6.38. The minimum atomic E-state index is 0.0745. The van der Waals surface area contributed by atoms with Crippen molar-refractivity contribution in [1.82, 2.24) is 4.90 Å². The fourth-order valence-corrected chi connectivity index (χ4v) is 1.80. The molecule has 1 atom stereocenters. The van der Waals surface area contributed by atoms with Crippen LogP contribution in [0.3, 0.4) is 0 Å². The van der Waals surface area contributed by atoms with Crippen molar-refractivity contribution in [2.24, 2.45) is 0 Å². The molecule has 1 rings (SSSR count). The summed E-state index contributed by atoms with van der Waals surface area (Å²) in [5.41, 5.74) is 0. The molecular formula is C11H16NO. The first-order valence-corrected chi connectivity index (χ1v) is 4.98. The predicted octanol–water partition coefficient (Wildman–Crippen LogP) is 1.41. The summed E-state index contributed by atoms with van der Waals surface area (Å²) in [6.45, 7) is 2.13. The van der Waals surface area contributed by atoms with E-state index >= 15 is 0 Å². The van der Waals surface area contributed by atoms with Crippen LogP contribution in [0.2, 0.25) is 0 Å². The van der Waals surface area contributed by atoms with Gasteiger partial charge in [0.25, 0.3) is 0 Å². The van der Waals surface area contributed by atoms with Crippen molar-refractivity contribution in [2.75, 3.05) is 13.1 Å². The minimum Gasteiger partial charge on any atom is -0.303 e. The Labute approximate surface area is 80.3 Å². The van der Waals surface area contributed by atoms with Crippen LogP contribution in [0.15, 0.2) is 0 Å². The molecule has 0 N–H and O–H groups in total. The van der Waals surface area contributed by atoms with Crippen LogP contribution in [-0.2, 0) is 4.79 Å². The van der Waals surface area contributed by atoms with Crippen LogP contribution < -0.4 is 0 Å². The third kappa shape index (κ3) is 3.20. The number of hydrogen-bond acceptors (Lipinski definition) is 2. The average molecular weight is 178 g/mol. The molecule has 2 nitrogen and oxygen atoms in total. The van der Waals surface area contributed by atoms with Crippen LogP contribution in [0.25, 0.3) is 0 Å². The smallest absolute Gasteiger partial charge is 0.120 e. The Kier molecular flexibility index (Phi) is 4.56. The zero-order valence-electron chi connectivity index (χ0n) is 7.96. The third-order valence-electron chi connectivity index (χ3n) is 2.56. The summed E-state index contributed by atoms with van der Waals surface area (Å²) in [5, 5.41) is 0. The summed E-state index contributed by atoms with van der Waals surface area (Å²) >= 11 is 0. The monoisotopic (exact) mass is 178 g/mol. The van der Waals surface area contributed by atoms with Gasteiger partial charge in [0.15, 0.2) is 0 Å². The molecule has 0 aliphatic carbocycles. The van der Waals surface area contributed by atoms with Crippen molar-refractivity contribution >= 4 is 6.29 Å². The Morgan fingerprint density at radius 2 is 2.08 bits per heavy atom. The van der Waals surface area contributed by atoms with Crippen molar-refractivity contribution in [1.29, 1.82) is 0 Å². The Hall–Kier alpha value is -0.810. The number of aldehydes is 1. The largest absolute Gasteiger partial charge is 0.303 e. The Balaban J connectivity index is 2.35. The molecule has 0 bridgehead atoms. The predicted molar refractivity (Wildman–Crippen MR) is 51.6 cm³/mol. The van der Waals surface area contributed by atoms with Gasteiger partial charge in [-0.3, -0.25) is 4.90 Å². The molecule has 0 aromatic heterocycles. The molecule has 1 aliphatic heterocycles. The Morgan fingerprint density at radius 3 is 2.62 bits per heavy atom. The molecule has 1 fully saturated rings. The maximum Gasteiger partial charge on any atom is 0.120 e. The molecule has 1 heterocycles. The summed E-state index contributed by atoms with van der Waals surface area (Å²) in [6, 6.07) is 0.0745. The molecule has 0 spiro atoms. The summed E-state index contributed by atoms with van der Waals surface area (Å²) in [7, 11) is 0. The van der Waals surface area contributed by atoms with E-state index in [0.717, 1.165) is 25.8 Å². The van der Waals surface area contributed by atoms with Crippen LogP contribution in [0.4, 0.5) is 0 Å². The number of piperidine rings is 1. The molecule has 1 radical (unpaired) electrons. The molecular weight excluding hydrogens is 162 g/mol. The van der Waals surface area contributed by atoms with E-state index < -0.39 is 0 Å². The second-order valence-electron chi connectivity index (χ2n) is 3.50. The lowest BCUT2D eigenvalue weighted by Gasteiger charge is -2.31.